The normalized spacial score (nSPS) is 16.4. The standard InChI is InChI=1S/C7H8F9O2Si/c8-3(9)5(12)17-19(2-1-7(14,15)16)18-6(13)4(10)11/h3-6H,1-2H2. The first-order valence-corrected chi connectivity index (χ1v) is 6.15. The summed E-state index contributed by atoms with van der Waals surface area (Å²) in [5, 5.41) is 0. The molecule has 0 amide bonds. The maximum absolute atomic E-state index is 12.4. The van der Waals surface area contributed by atoms with E-state index >= 15 is 0 Å². The molecule has 0 rings (SSSR count). The van der Waals surface area contributed by atoms with Crippen LogP contribution in [0, 0.1) is 0 Å². The van der Waals surface area contributed by atoms with Gasteiger partial charge in [0.15, 0.2) is 0 Å². The van der Waals surface area contributed by atoms with Gasteiger partial charge in [0.2, 0.25) is 0 Å². The molecule has 1 radical (unpaired) electrons. The Kier molecular flexibility index (Phi) is 7.74. The lowest BCUT2D eigenvalue weighted by Gasteiger charge is -2.20. The first-order valence-electron chi connectivity index (χ1n) is 4.63. The first-order chi connectivity index (χ1) is 8.53. The third-order valence-electron chi connectivity index (χ3n) is 1.50. The Bertz CT molecular complexity index is 233. The molecule has 0 aliphatic carbocycles. The lowest BCUT2D eigenvalue weighted by molar-refractivity contribution is -0.137. The fraction of sp³-hybridized carbons (Fsp3) is 1.00. The first kappa shape index (κ1) is 18.5. The minimum Gasteiger partial charge on any atom is -0.358 e. The van der Waals surface area contributed by atoms with Gasteiger partial charge in [-0.3, -0.25) is 0 Å². The van der Waals surface area contributed by atoms with E-state index in [0.29, 0.717) is 0 Å². The van der Waals surface area contributed by atoms with Gasteiger partial charge in [-0.25, -0.2) is 26.3 Å². The van der Waals surface area contributed by atoms with Gasteiger partial charge in [-0.2, -0.15) is 13.2 Å². The van der Waals surface area contributed by atoms with Gasteiger partial charge >= 0.3 is 15.5 Å². The van der Waals surface area contributed by atoms with Crippen molar-refractivity contribution >= 4 is 9.28 Å². The second kappa shape index (κ2) is 7.94. The Labute approximate surface area is 103 Å². The Hall–Kier alpha value is -0.493. The van der Waals surface area contributed by atoms with E-state index in [0.717, 1.165) is 0 Å². The Morgan fingerprint density at radius 1 is 0.789 bits per heavy atom. The zero-order chi connectivity index (χ0) is 15.2. The summed E-state index contributed by atoms with van der Waals surface area (Å²) < 4.78 is 115. The van der Waals surface area contributed by atoms with Crippen molar-refractivity contribution in [2.45, 2.75) is 44.2 Å². The highest BCUT2D eigenvalue weighted by Gasteiger charge is 2.36. The molecule has 0 aromatic carbocycles. The predicted molar refractivity (Wildman–Crippen MR) is 45.2 cm³/mol. The summed E-state index contributed by atoms with van der Waals surface area (Å²) in [5.74, 6) is 0. The summed E-state index contributed by atoms with van der Waals surface area (Å²) in [4.78, 5) is 0. The van der Waals surface area contributed by atoms with E-state index in [9.17, 15) is 39.5 Å². The van der Waals surface area contributed by atoms with Crippen LogP contribution in [0.4, 0.5) is 39.5 Å². The fourth-order valence-corrected chi connectivity index (χ4v) is 2.23. The Morgan fingerprint density at radius 2 is 1.16 bits per heavy atom. The summed E-state index contributed by atoms with van der Waals surface area (Å²) in [7, 11) is -3.60. The molecule has 2 unspecified atom stereocenters. The van der Waals surface area contributed by atoms with Gasteiger partial charge in [0.25, 0.3) is 25.6 Å². The molecule has 2 nitrogen and oxygen atoms in total. The zero-order valence-electron chi connectivity index (χ0n) is 8.94. The van der Waals surface area contributed by atoms with E-state index < -0.39 is 53.5 Å². The van der Waals surface area contributed by atoms with Gasteiger partial charge in [0, 0.05) is 12.5 Å². The summed E-state index contributed by atoms with van der Waals surface area (Å²) in [5.41, 5.74) is 0. The minimum absolute atomic E-state index is 1.20. The van der Waals surface area contributed by atoms with E-state index in [1.165, 1.54) is 0 Å². The molecule has 0 spiro atoms. The van der Waals surface area contributed by atoms with Crippen molar-refractivity contribution in [2.24, 2.45) is 0 Å². The van der Waals surface area contributed by atoms with Crippen LogP contribution in [0.5, 0.6) is 0 Å². The van der Waals surface area contributed by atoms with Crippen LogP contribution in [0.2, 0.25) is 6.04 Å². The monoisotopic (exact) mass is 323 g/mol. The van der Waals surface area contributed by atoms with Gasteiger partial charge in [0.1, 0.15) is 0 Å². The topological polar surface area (TPSA) is 18.5 Å². The highest BCUT2D eigenvalue weighted by atomic mass is 28.3. The number of hydrogen-bond donors (Lipinski definition) is 0. The summed E-state index contributed by atoms with van der Waals surface area (Å²) in [6.45, 7) is 0. The maximum Gasteiger partial charge on any atom is 0.389 e. The van der Waals surface area contributed by atoms with Crippen LogP contribution in [0.3, 0.4) is 0 Å². The minimum atomic E-state index is -4.77. The lowest BCUT2D eigenvalue weighted by atomic mass is 10.5. The van der Waals surface area contributed by atoms with Crippen molar-refractivity contribution in [3.8, 4) is 0 Å². The quantitative estimate of drug-likeness (QED) is 0.502. The second-order valence-electron chi connectivity index (χ2n) is 3.09. The molecule has 0 saturated carbocycles. The van der Waals surface area contributed by atoms with E-state index in [4.69, 9.17) is 0 Å². The smallest absolute Gasteiger partial charge is 0.358 e. The third-order valence-corrected chi connectivity index (χ3v) is 3.13. The van der Waals surface area contributed by atoms with E-state index in [2.05, 4.69) is 8.85 Å². The summed E-state index contributed by atoms with van der Waals surface area (Å²) in [6, 6.07) is -1.20. The van der Waals surface area contributed by atoms with Crippen LogP contribution in [0.25, 0.3) is 0 Å². The second-order valence-corrected chi connectivity index (χ2v) is 4.81. The highest BCUT2D eigenvalue weighted by molar-refractivity contribution is 6.44. The molecule has 12 heteroatoms. The molecule has 0 fully saturated rings. The van der Waals surface area contributed by atoms with Crippen LogP contribution in [-0.2, 0) is 8.85 Å². The fourth-order valence-electron chi connectivity index (χ4n) is 0.743. The molecule has 0 aromatic heterocycles. The van der Waals surface area contributed by atoms with Crippen LogP contribution in [0.15, 0.2) is 0 Å². The SMILES string of the molecule is FC(F)C(F)O[Si](CCC(F)(F)F)OC(F)C(F)F. The summed E-state index contributed by atoms with van der Waals surface area (Å²) >= 11 is 0. The number of alkyl halides is 9. The molecule has 115 valence electrons. The molecule has 0 saturated heterocycles. The molecular formula is C7H8F9O2Si. The van der Waals surface area contributed by atoms with Crippen molar-refractivity contribution in [1.82, 2.24) is 0 Å². The van der Waals surface area contributed by atoms with Crippen molar-refractivity contribution in [1.29, 1.82) is 0 Å². The van der Waals surface area contributed by atoms with Crippen LogP contribution < -0.4 is 0 Å². The average molecular weight is 323 g/mol. The molecule has 0 bridgehead atoms. The number of halogens is 9. The van der Waals surface area contributed by atoms with Crippen LogP contribution in [0.1, 0.15) is 6.42 Å². The van der Waals surface area contributed by atoms with Crippen molar-refractivity contribution in [3.05, 3.63) is 0 Å². The van der Waals surface area contributed by atoms with Crippen molar-refractivity contribution < 1.29 is 48.4 Å². The zero-order valence-corrected chi connectivity index (χ0v) is 9.94. The molecule has 0 N–H and O–H groups in total. The third kappa shape index (κ3) is 9.10. The largest absolute Gasteiger partial charge is 0.389 e. The van der Waals surface area contributed by atoms with Crippen LogP contribution >= 0.6 is 0 Å². The Morgan fingerprint density at radius 3 is 1.42 bits per heavy atom. The van der Waals surface area contributed by atoms with E-state index in [1.807, 2.05) is 0 Å². The maximum atomic E-state index is 12.4. The number of rotatable bonds is 8. The van der Waals surface area contributed by atoms with Gasteiger partial charge in [-0.1, -0.05) is 0 Å². The average Bonchev–Trinajstić information content (AvgIpc) is 2.24. The molecule has 0 aliphatic rings. The van der Waals surface area contributed by atoms with Crippen molar-refractivity contribution in [2.75, 3.05) is 0 Å². The van der Waals surface area contributed by atoms with Gasteiger partial charge in [0.05, 0.1) is 0 Å². The molecule has 19 heavy (non-hydrogen) atoms. The highest BCUT2D eigenvalue weighted by Crippen LogP contribution is 2.25. The molecular weight excluding hydrogens is 315 g/mol. The van der Waals surface area contributed by atoms with Gasteiger partial charge in [-0.05, 0) is 0 Å². The molecule has 2 atom stereocenters. The number of hydrogen-bond acceptors (Lipinski definition) is 2. The van der Waals surface area contributed by atoms with Crippen LogP contribution in [-0.4, -0.2) is 41.0 Å². The Balaban J connectivity index is 4.46. The van der Waals surface area contributed by atoms with Gasteiger partial charge in [-0.15, -0.1) is 0 Å². The van der Waals surface area contributed by atoms with E-state index in [1.54, 1.807) is 0 Å². The van der Waals surface area contributed by atoms with Crippen molar-refractivity contribution in [3.63, 3.8) is 0 Å². The predicted octanol–water partition coefficient (Wildman–Crippen LogP) is 3.58. The molecule has 0 aromatic rings. The molecule has 0 heterocycles. The summed E-state index contributed by atoms with van der Waals surface area (Å²) in [6.07, 6.45) is -20.5. The lowest BCUT2D eigenvalue weighted by Crippen LogP contribution is -2.35. The van der Waals surface area contributed by atoms with Gasteiger partial charge < -0.3 is 8.85 Å². The van der Waals surface area contributed by atoms with E-state index in [-0.39, 0.29) is 0 Å². The molecule has 0 aliphatic heterocycles.